The molecule has 0 aromatic heterocycles. The Bertz CT molecular complexity index is 1140. The van der Waals surface area contributed by atoms with Crippen molar-refractivity contribution in [2.24, 2.45) is 5.10 Å². The molecule has 3 aromatic carbocycles. The molecule has 3 aromatic rings. The van der Waals surface area contributed by atoms with Crippen LogP contribution in [0.25, 0.3) is 0 Å². The fraction of sp³-hybridized carbons (Fsp3) is 0.0833. The minimum absolute atomic E-state index is 0.274. The molecule has 2 N–H and O–H groups in total. The second-order valence-electron chi connectivity index (χ2n) is 6.58. The number of carbonyl (C=O) groups excluding carboxylic acids is 3. The summed E-state index contributed by atoms with van der Waals surface area (Å²) >= 11 is 0. The van der Waals surface area contributed by atoms with Crippen LogP contribution in [0.4, 0.5) is 10.1 Å². The zero-order chi connectivity index (χ0) is 23.6. The first-order valence-corrected chi connectivity index (χ1v) is 9.89. The van der Waals surface area contributed by atoms with Gasteiger partial charge in [-0.3, -0.25) is 9.59 Å². The number of ether oxygens (including phenoxy) is 2. The normalized spacial score (nSPS) is 10.5. The third-order valence-corrected chi connectivity index (χ3v) is 4.18. The smallest absolute Gasteiger partial charge is 0.343 e. The minimum atomic E-state index is -0.989. The number of halogens is 1. The van der Waals surface area contributed by atoms with Crippen LogP contribution in [0, 0.1) is 5.82 Å². The Balaban J connectivity index is 1.49. The quantitative estimate of drug-likeness (QED) is 0.189. The number of hydrazone groups is 1. The van der Waals surface area contributed by atoms with Crippen LogP contribution >= 0.6 is 0 Å². The first-order valence-electron chi connectivity index (χ1n) is 9.89. The van der Waals surface area contributed by atoms with Crippen molar-refractivity contribution in [3.8, 4) is 11.5 Å². The standard InChI is InChI=1S/C24H20FN3O5/c1-2-32-20-13-5-17(6-14-20)24(31)33-21-11-3-16(4-12-21)15-26-28-23(30)22(29)27-19-9-7-18(25)8-10-19/h3-15H,2H2,1H3,(H,27,29)(H,28,30)/b26-15-. The molecular formula is C24H20FN3O5. The van der Waals surface area contributed by atoms with Gasteiger partial charge in [0.15, 0.2) is 0 Å². The van der Waals surface area contributed by atoms with E-state index in [1.165, 1.54) is 18.3 Å². The molecule has 168 valence electrons. The zero-order valence-electron chi connectivity index (χ0n) is 17.6. The van der Waals surface area contributed by atoms with Gasteiger partial charge in [-0.2, -0.15) is 5.10 Å². The van der Waals surface area contributed by atoms with Crippen LogP contribution in [0.2, 0.25) is 0 Å². The van der Waals surface area contributed by atoms with Crippen molar-refractivity contribution < 1.29 is 28.2 Å². The van der Waals surface area contributed by atoms with Crippen LogP contribution < -0.4 is 20.2 Å². The molecule has 8 nitrogen and oxygen atoms in total. The van der Waals surface area contributed by atoms with E-state index in [0.29, 0.717) is 29.2 Å². The average Bonchev–Trinajstić information content (AvgIpc) is 2.82. The van der Waals surface area contributed by atoms with Crippen LogP contribution in [0.1, 0.15) is 22.8 Å². The Morgan fingerprint density at radius 1 is 0.879 bits per heavy atom. The summed E-state index contributed by atoms with van der Waals surface area (Å²) in [7, 11) is 0. The molecule has 0 fully saturated rings. The van der Waals surface area contributed by atoms with Crippen LogP contribution in [-0.2, 0) is 9.59 Å². The van der Waals surface area contributed by atoms with Crippen LogP contribution in [0.15, 0.2) is 77.9 Å². The number of hydrogen-bond acceptors (Lipinski definition) is 6. The first-order chi connectivity index (χ1) is 15.9. The SMILES string of the molecule is CCOc1ccc(C(=O)Oc2ccc(/C=N\NC(=O)C(=O)Nc3ccc(F)cc3)cc2)cc1. The summed E-state index contributed by atoms with van der Waals surface area (Å²) in [4.78, 5) is 35.8. The summed E-state index contributed by atoms with van der Waals surface area (Å²) in [5, 5.41) is 6.03. The van der Waals surface area contributed by atoms with Crippen LogP contribution in [0.3, 0.4) is 0 Å². The van der Waals surface area contributed by atoms with Gasteiger partial charge in [0.05, 0.1) is 18.4 Å². The molecule has 0 saturated heterocycles. The third-order valence-electron chi connectivity index (χ3n) is 4.18. The van der Waals surface area contributed by atoms with E-state index in [-0.39, 0.29) is 5.69 Å². The maximum absolute atomic E-state index is 12.9. The van der Waals surface area contributed by atoms with Gasteiger partial charge in [-0.1, -0.05) is 0 Å². The summed E-state index contributed by atoms with van der Waals surface area (Å²) < 4.78 is 23.5. The van der Waals surface area contributed by atoms with Crippen molar-refractivity contribution in [2.45, 2.75) is 6.92 Å². The van der Waals surface area contributed by atoms with E-state index in [4.69, 9.17) is 9.47 Å². The predicted molar refractivity (Wildman–Crippen MR) is 120 cm³/mol. The zero-order valence-corrected chi connectivity index (χ0v) is 17.6. The van der Waals surface area contributed by atoms with Crippen molar-refractivity contribution in [2.75, 3.05) is 11.9 Å². The van der Waals surface area contributed by atoms with Crippen molar-refractivity contribution in [3.05, 3.63) is 89.7 Å². The van der Waals surface area contributed by atoms with E-state index in [1.807, 2.05) is 6.92 Å². The van der Waals surface area contributed by atoms with Crippen molar-refractivity contribution >= 4 is 29.7 Å². The number of nitrogens with zero attached hydrogens (tertiary/aromatic N) is 1. The molecule has 3 rings (SSSR count). The van der Waals surface area contributed by atoms with Crippen LogP contribution in [-0.4, -0.2) is 30.6 Å². The highest BCUT2D eigenvalue weighted by atomic mass is 19.1. The Morgan fingerprint density at radius 3 is 2.15 bits per heavy atom. The molecule has 0 saturated carbocycles. The molecule has 33 heavy (non-hydrogen) atoms. The number of carbonyl (C=O) groups is 3. The monoisotopic (exact) mass is 449 g/mol. The van der Waals surface area contributed by atoms with Gasteiger partial charge in [-0.15, -0.1) is 0 Å². The summed E-state index contributed by atoms with van der Waals surface area (Å²) in [6, 6.07) is 17.9. The van der Waals surface area contributed by atoms with E-state index in [2.05, 4.69) is 15.8 Å². The number of benzene rings is 3. The molecule has 0 spiro atoms. The fourth-order valence-corrected chi connectivity index (χ4v) is 2.58. The Hall–Kier alpha value is -4.53. The first kappa shape index (κ1) is 23.1. The topological polar surface area (TPSA) is 106 Å². The van der Waals surface area contributed by atoms with Gasteiger partial charge in [0.2, 0.25) is 0 Å². The van der Waals surface area contributed by atoms with Crippen molar-refractivity contribution in [1.29, 1.82) is 0 Å². The molecule has 0 aliphatic heterocycles. The fourth-order valence-electron chi connectivity index (χ4n) is 2.58. The molecule has 0 bridgehead atoms. The minimum Gasteiger partial charge on any atom is -0.494 e. The number of rotatable bonds is 7. The number of nitrogens with one attached hydrogen (secondary N) is 2. The van der Waals surface area contributed by atoms with Gasteiger partial charge < -0.3 is 14.8 Å². The van der Waals surface area contributed by atoms with Gasteiger partial charge >= 0.3 is 17.8 Å². The third kappa shape index (κ3) is 7.00. The van der Waals surface area contributed by atoms with E-state index in [9.17, 15) is 18.8 Å². The molecule has 0 aliphatic rings. The van der Waals surface area contributed by atoms with Crippen LogP contribution in [0.5, 0.6) is 11.5 Å². The van der Waals surface area contributed by atoms with Crippen molar-refractivity contribution in [3.63, 3.8) is 0 Å². The van der Waals surface area contributed by atoms with Gasteiger partial charge in [0.25, 0.3) is 0 Å². The summed E-state index contributed by atoms with van der Waals surface area (Å²) in [5.41, 5.74) is 3.34. The Labute approximate surface area is 189 Å². The highest BCUT2D eigenvalue weighted by molar-refractivity contribution is 6.39. The molecule has 0 heterocycles. The lowest BCUT2D eigenvalue weighted by Crippen LogP contribution is -2.32. The highest BCUT2D eigenvalue weighted by Gasteiger charge is 2.13. The second-order valence-corrected chi connectivity index (χ2v) is 6.58. The summed E-state index contributed by atoms with van der Waals surface area (Å²) in [5.74, 6) is -1.92. The second kappa shape index (κ2) is 11.2. The maximum Gasteiger partial charge on any atom is 0.343 e. The summed E-state index contributed by atoms with van der Waals surface area (Å²) in [6.07, 6.45) is 1.32. The molecule has 0 radical (unpaired) electrons. The van der Waals surface area contributed by atoms with Crippen molar-refractivity contribution in [1.82, 2.24) is 5.43 Å². The molecular weight excluding hydrogens is 429 g/mol. The Kier molecular flexibility index (Phi) is 7.85. The van der Waals surface area contributed by atoms with E-state index >= 15 is 0 Å². The molecule has 0 aliphatic carbocycles. The number of hydrogen-bond donors (Lipinski definition) is 2. The average molecular weight is 449 g/mol. The highest BCUT2D eigenvalue weighted by Crippen LogP contribution is 2.16. The number of anilines is 1. The van der Waals surface area contributed by atoms with E-state index < -0.39 is 23.6 Å². The molecule has 0 atom stereocenters. The number of amides is 2. The lowest BCUT2D eigenvalue weighted by molar-refractivity contribution is -0.136. The largest absolute Gasteiger partial charge is 0.494 e. The van der Waals surface area contributed by atoms with Gasteiger partial charge in [-0.25, -0.2) is 14.6 Å². The van der Waals surface area contributed by atoms with Gasteiger partial charge in [0, 0.05) is 5.69 Å². The molecule has 9 heteroatoms. The maximum atomic E-state index is 12.9. The van der Waals surface area contributed by atoms with E-state index in [1.54, 1.807) is 48.5 Å². The molecule has 0 unspecified atom stereocenters. The van der Waals surface area contributed by atoms with Gasteiger partial charge in [-0.05, 0) is 85.3 Å². The lowest BCUT2D eigenvalue weighted by atomic mass is 10.2. The number of esters is 1. The summed E-state index contributed by atoms with van der Waals surface area (Å²) in [6.45, 7) is 2.41. The Morgan fingerprint density at radius 2 is 1.52 bits per heavy atom. The lowest BCUT2D eigenvalue weighted by Gasteiger charge is -2.06. The predicted octanol–water partition coefficient (Wildman–Crippen LogP) is 3.53. The van der Waals surface area contributed by atoms with E-state index in [0.717, 1.165) is 12.1 Å². The molecule has 2 amide bonds. The van der Waals surface area contributed by atoms with Gasteiger partial charge in [0.1, 0.15) is 17.3 Å².